The lowest BCUT2D eigenvalue weighted by Gasteiger charge is -2.15. The maximum atomic E-state index is 13.7. The summed E-state index contributed by atoms with van der Waals surface area (Å²) >= 11 is 2.76. The van der Waals surface area contributed by atoms with E-state index < -0.39 is 4.92 Å². The predicted octanol–water partition coefficient (Wildman–Crippen LogP) is 5.65. The second kappa shape index (κ2) is 9.85. The van der Waals surface area contributed by atoms with Crippen LogP contribution in [0.1, 0.15) is 18.1 Å². The van der Waals surface area contributed by atoms with E-state index in [0.717, 1.165) is 27.1 Å². The van der Waals surface area contributed by atoms with Crippen LogP contribution in [-0.2, 0) is 12.3 Å². The highest BCUT2D eigenvalue weighted by molar-refractivity contribution is 7.98. The predicted molar refractivity (Wildman–Crippen MR) is 139 cm³/mol. The lowest BCUT2D eigenvalue weighted by molar-refractivity contribution is -0.384. The summed E-state index contributed by atoms with van der Waals surface area (Å²) in [5.41, 5.74) is 2.33. The molecule has 0 amide bonds. The number of thiophene rings is 1. The van der Waals surface area contributed by atoms with Crippen molar-refractivity contribution in [3.63, 3.8) is 0 Å². The molecule has 0 saturated carbocycles. The van der Waals surface area contributed by atoms with Crippen LogP contribution in [0.3, 0.4) is 0 Å². The molecule has 3 heterocycles. The Morgan fingerprint density at radius 2 is 1.91 bits per heavy atom. The zero-order valence-electron chi connectivity index (χ0n) is 18.7. The Balaban J connectivity index is 1.59. The van der Waals surface area contributed by atoms with Gasteiger partial charge in [-0.3, -0.25) is 19.5 Å². The van der Waals surface area contributed by atoms with Crippen molar-refractivity contribution in [2.24, 2.45) is 0 Å². The van der Waals surface area contributed by atoms with Gasteiger partial charge in [-0.2, -0.15) is 0 Å². The van der Waals surface area contributed by atoms with Gasteiger partial charge in [-0.25, -0.2) is 9.97 Å². The first kappa shape index (κ1) is 23.0. The minimum absolute atomic E-state index is 0.0416. The molecule has 3 aromatic heterocycles. The summed E-state index contributed by atoms with van der Waals surface area (Å²) in [7, 11) is 0. The van der Waals surface area contributed by atoms with Gasteiger partial charge in [-0.1, -0.05) is 42.1 Å². The van der Waals surface area contributed by atoms with Gasteiger partial charge in [0.25, 0.3) is 11.2 Å². The van der Waals surface area contributed by atoms with E-state index in [9.17, 15) is 14.9 Å². The smallest absolute Gasteiger partial charge is 0.272 e. The van der Waals surface area contributed by atoms with E-state index in [1.165, 1.54) is 35.2 Å². The zero-order chi connectivity index (χ0) is 24.4. The minimum atomic E-state index is -0.421. The molecule has 0 spiro atoms. The molecule has 8 nitrogen and oxygen atoms in total. The topological polar surface area (TPSA) is 100 Å². The summed E-state index contributed by atoms with van der Waals surface area (Å²) in [6.45, 7) is 2.75. The number of benzene rings is 2. The number of nitro benzene ring substituents is 1. The number of ether oxygens (including phenoxy) is 1. The van der Waals surface area contributed by atoms with E-state index in [1.807, 2.05) is 43.3 Å². The molecular weight excluding hydrogens is 484 g/mol. The van der Waals surface area contributed by atoms with Crippen molar-refractivity contribution in [2.45, 2.75) is 24.4 Å². The van der Waals surface area contributed by atoms with Gasteiger partial charge < -0.3 is 4.74 Å². The number of pyridine rings is 1. The normalized spacial score (nSPS) is 11.2. The lowest BCUT2D eigenvalue weighted by atomic mass is 10.2. The third-order valence-electron chi connectivity index (χ3n) is 5.43. The number of aromatic nitrogens is 3. The molecule has 0 unspecified atom stereocenters. The van der Waals surface area contributed by atoms with Crippen LogP contribution in [0.15, 0.2) is 76.8 Å². The van der Waals surface area contributed by atoms with Crippen molar-refractivity contribution in [2.75, 3.05) is 6.61 Å². The number of non-ortho nitro benzene ring substituents is 1. The molecular formula is C25H20N4O4S2. The number of nitrogens with zero attached hydrogens (tertiary/aromatic N) is 4. The molecule has 0 atom stereocenters. The summed E-state index contributed by atoms with van der Waals surface area (Å²) in [6, 6.07) is 17.8. The molecule has 0 aliphatic rings. The van der Waals surface area contributed by atoms with E-state index in [0.29, 0.717) is 34.3 Å². The van der Waals surface area contributed by atoms with Crippen molar-refractivity contribution in [3.8, 4) is 5.75 Å². The fraction of sp³-hybridized carbons (Fsp3) is 0.160. The maximum Gasteiger partial charge on any atom is 0.272 e. The highest BCUT2D eigenvalue weighted by atomic mass is 32.2. The first-order valence-electron chi connectivity index (χ1n) is 10.9. The number of hydrogen-bond acceptors (Lipinski definition) is 8. The third kappa shape index (κ3) is 4.62. The molecule has 0 aliphatic carbocycles. The van der Waals surface area contributed by atoms with Gasteiger partial charge in [-0.15, -0.1) is 11.3 Å². The van der Waals surface area contributed by atoms with E-state index in [-0.39, 0.29) is 11.2 Å². The fourth-order valence-corrected chi connectivity index (χ4v) is 5.73. The monoisotopic (exact) mass is 504 g/mol. The summed E-state index contributed by atoms with van der Waals surface area (Å²) in [4.78, 5) is 34.3. The number of nitro groups is 1. The second-order valence-electron chi connectivity index (χ2n) is 7.67. The standard InChI is InChI=1S/C25H20N4O4S2/c1-2-33-20-8-4-3-6-17(20)14-28-24(30)22-21(19-7-5-13-26-23(19)35-22)27-25(28)34-15-16-9-11-18(12-10-16)29(31)32/h3-13H,2,14-15H2,1H3. The third-order valence-corrected chi connectivity index (χ3v) is 7.57. The van der Waals surface area contributed by atoms with Gasteiger partial charge in [0.2, 0.25) is 0 Å². The SMILES string of the molecule is CCOc1ccccc1Cn1c(SCc2ccc([N+](=O)[O-])cc2)nc2c(sc3ncccc32)c1=O. The summed E-state index contributed by atoms with van der Waals surface area (Å²) < 4.78 is 8.01. The molecule has 5 rings (SSSR count). The number of fused-ring (bicyclic) bond motifs is 3. The molecule has 0 aliphatic heterocycles. The Kier molecular flexibility index (Phi) is 6.47. The van der Waals surface area contributed by atoms with Crippen LogP contribution in [-0.4, -0.2) is 26.1 Å². The molecule has 176 valence electrons. The first-order valence-corrected chi connectivity index (χ1v) is 12.7. The lowest BCUT2D eigenvalue weighted by Crippen LogP contribution is -2.23. The van der Waals surface area contributed by atoms with Gasteiger partial charge in [0.15, 0.2) is 5.16 Å². The van der Waals surface area contributed by atoms with Crippen LogP contribution in [0.4, 0.5) is 5.69 Å². The van der Waals surface area contributed by atoms with Gasteiger partial charge >= 0.3 is 0 Å². The van der Waals surface area contributed by atoms with Gasteiger partial charge in [0.05, 0.1) is 23.6 Å². The second-order valence-corrected chi connectivity index (χ2v) is 9.62. The van der Waals surface area contributed by atoms with Crippen molar-refractivity contribution in [3.05, 3.63) is 98.5 Å². The summed E-state index contributed by atoms with van der Waals surface area (Å²) in [5.74, 6) is 1.23. The van der Waals surface area contributed by atoms with Crippen LogP contribution < -0.4 is 10.3 Å². The number of hydrogen-bond donors (Lipinski definition) is 0. The number of thioether (sulfide) groups is 1. The molecule has 0 N–H and O–H groups in total. The van der Waals surface area contributed by atoms with Gasteiger partial charge in [0, 0.05) is 35.0 Å². The molecule has 0 fully saturated rings. The molecule has 0 bridgehead atoms. The van der Waals surface area contributed by atoms with Crippen LogP contribution in [0.25, 0.3) is 20.4 Å². The van der Waals surface area contributed by atoms with Crippen molar-refractivity contribution < 1.29 is 9.66 Å². The van der Waals surface area contributed by atoms with E-state index >= 15 is 0 Å². The Labute approximate surface area is 208 Å². The largest absolute Gasteiger partial charge is 0.494 e. The zero-order valence-corrected chi connectivity index (χ0v) is 20.3. The van der Waals surface area contributed by atoms with Crippen molar-refractivity contribution in [1.29, 1.82) is 0 Å². The number of rotatable bonds is 8. The number of para-hydroxylation sites is 1. The Hall–Kier alpha value is -3.76. The maximum absolute atomic E-state index is 13.7. The molecule has 35 heavy (non-hydrogen) atoms. The Morgan fingerprint density at radius 3 is 2.69 bits per heavy atom. The van der Waals surface area contributed by atoms with Crippen molar-refractivity contribution in [1.82, 2.24) is 14.5 Å². The van der Waals surface area contributed by atoms with Gasteiger partial charge in [-0.05, 0) is 30.7 Å². The molecule has 10 heteroatoms. The minimum Gasteiger partial charge on any atom is -0.494 e. The van der Waals surface area contributed by atoms with Gasteiger partial charge in [0.1, 0.15) is 15.3 Å². The van der Waals surface area contributed by atoms with E-state index in [1.54, 1.807) is 22.9 Å². The first-order chi connectivity index (χ1) is 17.0. The molecule has 0 radical (unpaired) electrons. The molecule has 0 saturated heterocycles. The highest BCUT2D eigenvalue weighted by Crippen LogP contribution is 2.32. The molecule has 2 aromatic carbocycles. The Morgan fingerprint density at radius 1 is 1.11 bits per heavy atom. The summed E-state index contributed by atoms with van der Waals surface area (Å²) in [5, 5.41) is 12.4. The highest BCUT2D eigenvalue weighted by Gasteiger charge is 2.18. The fourth-order valence-electron chi connectivity index (χ4n) is 3.75. The Bertz CT molecular complexity index is 1600. The molecule has 5 aromatic rings. The van der Waals surface area contributed by atoms with E-state index in [2.05, 4.69) is 4.98 Å². The van der Waals surface area contributed by atoms with Crippen LogP contribution in [0, 0.1) is 10.1 Å². The van der Waals surface area contributed by atoms with Crippen LogP contribution in [0.5, 0.6) is 5.75 Å². The van der Waals surface area contributed by atoms with Crippen LogP contribution >= 0.6 is 23.1 Å². The quantitative estimate of drug-likeness (QED) is 0.116. The van der Waals surface area contributed by atoms with Crippen molar-refractivity contribution >= 4 is 49.2 Å². The van der Waals surface area contributed by atoms with E-state index in [4.69, 9.17) is 9.72 Å². The summed E-state index contributed by atoms with van der Waals surface area (Å²) in [6.07, 6.45) is 1.71. The van der Waals surface area contributed by atoms with Crippen LogP contribution in [0.2, 0.25) is 0 Å². The average Bonchev–Trinajstić information content (AvgIpc) is 3.25. The average molecular weight is 505 g/mol.